The minimum Gasteiger partial charge on any atom is -0.347 e. The van der Waals surface area contributed by atoms with Crippen molar-refractivity contribution in [1.29, 1.82) is 0 Å². The third-order valence-corrected chi connectivity index (χ3v) is 4.47. The molecule has 2 fully saturated rings. The lowest BCUT2D eigenvalue weighted by Gasteiger charge is -2.21. The first-order valence-corrected chi connectivity index (χ1v) is 6.87. The Morgan fingerprint density at radius 1 is 1.28 bits per heavy atom. The first kappa shape index (κ1) is 11.8. The molecule has 3 rings (SSSR count). The number of hydrogen-bond acceptors (Lipinski definition) is 2. The number of rotatable bonds is 1. The summed E-state index contributed by atoms with van der Waals surface area (Å²) in [7, 11) is 1.93. The van der Waals surface area contributed by atoms with Crippen molar-refractivity contribution in [3.05, 3.63) is 24.0 Å². The Morgan fingerprint density at radius 3 is 2.50 bits per heavy atom. The second kappa shape index (κ2) is 4.76. The molecular weight excluding hydrogens is 226 g/mol. The molecule has 2 aliphatic rings. The van der Waals surface area contributed by atoms with Gasteiger partial charge >= 0.3 is 0 Å². The van der Waals surface area contributed by atoms with E-state index in [0.717, 1.165) is 56.6 Å². The van der Waals surface area contributed by atoms with E-state index in [1.54, 1.807) is 0 Å². The van der Waals surface area contributed by atoms with Crippen molar-refractivity contribution >= 4 is 5.91 Å². The molecule has 0 bridgehead atoms. The van der Waals surface area contributed by atoms with Crippen molar-refractivity contribution in [2.75, 3.05) is 26.2 Å². The van der Waals surface area contributed by atoms with Crippen molar-refractivity contribution in [2.45, 2.75) is 12.8 Å². The van der Waals surface area contributed by atoms with Crippen LogP contribution in [0.1, 0.15) is 23.3 Å². The zero-order valence-corrected chi connectivity index (χ0v) is 10.9. The maximum atomic E-state index is 12.4. The maximum absolute atomic E-state index is 12.4. The van der Waals surface area contributed by atoms with E-state index in [0.29, 0.717) is 0 Å². The van der Waals surface area contributed by atoms with Crippen LogP contribution in [0.15, 0.2) is 18.3 Å². The van der Waals surface area contributed by atoms with Gasteiger partial charge in [-0.1, -0.05) is 0 Å². The molecule has 4 nitrogen and oxygen atoms in total. The van der Waals surface area contributed by atoms with E-state index in [4.69, 9.17) is 0 Å². The summed E-state index contributed by atoms with van der Waals surface area (Å²) >= 11 is 0. The molecule has 0 aromatic carbocycles. The molecule has 1 aromatic rings. The smallest absolute Gasteiger partial charge is 0.270 e. The van der Waals surface area contributed by atoms with Crippen molar-refractivity contribution in [3.63, 3.8) is 0 Å². The summed E-state index contributed by atoms with van der Waals surface area (Å²) in [5.41, 5.74) is 0.806. The predicted octanol–water partition coefficient (Wildman–Crippen LogP) is 1.10. The quantitative estimate of drug-likeness (QED) is 0.807. The lowest BCUT2D eigenvalue weighted by Crippen LogP contribution is -2.33. The fourth-order valence-corrected chi connectivity index (χ4v) is 3.27. The molecule has 0 unspecified atom stereocenters. The van der Waals surface area contributed by atoms with Crippen molar-refractivity contribution < 1.29 is 4.79 Å². The Labute approximate surface area is 108 Å². The number of carbonyl (C=O) groups excluding carboxylic acids is 1. The molecule has 2 saturated heterocycles. The average Bonchev–Trinajstić information content (AvgIpc) is 2.94. The molecule has 4 heteroatoms. The highest BCUT2D eigenvalue weighted by Crippen LogP contribution is 2.27. The van der Waals surface area contributed by atoms with Crippen molar-refractivity contribution in [3.8, 4) is 0 Å². The number of amides is 1. The highest BCUT2D eigenvalue weighted by molar-refractivity contribution is 5.92. The molecular formula is C14H21N3O. The normalized spacial score (nSPS) is 27.9. The Balaban J connectivity index is 1.70. The van der Waals surface area contributed by atoms with E-state index in [1.807, 2.05) is 34.8 Å². The molecule has 0 aliphatic carbocycles. The third kappa shape index (κ3) is 2.05. The number of aryl methyl sites for hydroxylation is 1. The lowest BCUT2D eigenvalue weighted by molar-refractivity contribution is 0.0749. The van der Waals surface area contributed by atoms with E-state index in [-0.39, 0.29) is 5.91 Å². The van der Waals surface area contributed by atoms with Gasteiger partial charge in [-0.25, -0.2) is 0 Å². The van der Waals surface area contributed by atoms with Gasteiger partial charge in [0, 0.05) is 26.3 Å². The first-order chi connectivity index (χ1) is 8.75. The second-order valence-electron chi connectivity index (χ2n) is 5.55. The summed E-state index contributed by atoms with van der Waals surface area (Å²) in [6.45, 7) is 4.09. The van der Waals surface area contributed by atoms with Crippen LogP contribution in [0, 0.1) is 11.8 Å². The van der Waals surface area contributed by atoms with Crippen molar-refractivity contribution in [2.24, 2.45) is 18.9 Å². The van der Waals surface area contributed by atoms with Gasteiger partial charge in [-0.05, 0) is 49.9 Å². The number of carbonyl (C=O) groups is 1. The van der Waals surface area contributed by atoms with Crippen LogP contribution in [0.4, 0.5) is 0 Å². The molecule has 0 radical (unpaired) electrons. The maximum Gasteiger partial charge on any atom is 0.270 e. The standard InChI is InChI=1S/C14H21N3O/c1-16-6-2-3-13(16)14(18)17-7-4-11-9-15-10-12(11)5-8-17/h2-3,6,11-12,15H,4-5,7-10H2,1H3/t11-,12+. The summed E-state index contributed by atoms with van der Waals surface area (Å²) in [5.74, 6) is 1.74. The lowest BCUT2D eigenvalue weighted by atomic mass is 9.92. The molecule has 2 aliphatic heterocycles. The van der Waals surface area contributed by atoms with Crippen LogP contribution in [0.3, 0.4) is 0 Å². The third-order valence-electron chi connectivity index (χ3n) is 4.47. The fraction of sp³-hybridized carbons (Fsp3) is 0.643. The van der Waals surface area contributed by atoms with E-state index < -0.39 is 0 Å². The summed E-state index contributed by atoms with van der Waals surface area (Å²) in [5, 5.41) is 3.47. The zero-order chi connectivity index (χ0) is 12.5. The van der Waals surface area contributed by atoms with Gasteiger partial charge in [0.25, 0.3) is 5.91 Å². The van der Waals surface area contributed by atoms with E-state index >= 15 is 0 Å². The number of fused-ring (bicyclic) bond motifs is 1. The van der Waals surface area contributed by atoms with Gasteiger partial charge in [0.1, 0.15) is 5.69 Å². The highest BCUT2D eigenvalue weighted by Gasteiger charge is 2.31. The van der Waals surface area contributed by atoms with Gasteiger partial charge in [0.05, 0.1) is 0 Å². The van der Waals surface area contributed by atoms with E-state index in [2.05, 4.69) is 5.32 Å². The summed E-state index contributed by atoms with van der Waals surface area (Å²) < 4.78 is 1.91. The van der Waals surface area contributed by atoms with E-state index in [1.165, 1.54) is 0 Å². The number of aromatic nitrogens is 1. The van der Waals surface area contributed by atoms with Crippen LogP contribution < -0.4 is 5.32 Å². The van der Waals surface area contributed by atoms with Crippen LogP contribution in [-0.4, -0.2) is 41.6 Å². The van der Waals surface area contributed by atoms with Gasteiger partial charge in [-0.15, -0.1) is 0 Å². The molecule has 18 heavy (non-hydrogen) atoms. The van der Waals surface area contributed by atoms with Gasteiger partial charge < -0.3 is 14.8 Å². The van der Waals surface area contributed by atoms with Crippen molar-refractivity contribution in [1.82, 2.24) is 14.8 Å². The Kier molecular flexibility index (Phi) is 3.12. The SMILES string of the molecule is Cn1cccc1C(=O)N1CC[C@@H]2CNC[C@@H]2CC1. The monoisotopic (exact) mass is 247 g/mol. The number of nitrogens with one attached hydrogen (secondary N) is 1. The summed E-state index contributed by atoms with van der Waals surface area (Å²) in [6.07, 6.45) is 4.23. The molecule has 3 heterocycles. The van der Waals surface area contributed by atoms with Crippen LogP contribution >= 0.6 is 0 Å². The number of hydrogen-bond donors (Lipinski definition) is 1. The largest absolute Gasteiger partial charge is 0.347 e. The number of likely N-dealkylation sites (tertiary alicyclic amines) is 1. The Bertz CT molecular complexity index is 426. The van der Waals surface area contributed by atoms with Crippen LogP contribution in [-0.2, 0) is 7.05 Å². The summed E-state index contributed by atoms with van der Waals surface area (Å²) in [6, 6.07) is 3.85. The minimum absolute atomic E-state index is 0.190. The van der Waals surface area contributed by atoms with Crippen LogP contribution in [0.2, 0.25) is 0 Å². The van der Waals surface area contributed by atoms with E-state index in [9.17, 15) is 4.79 Å². The average molecular weight is 247 g/mol. The molecule has 1 N–H and O–H groups in total. The molecule has 98 valence electrons. The molecule has 1 amide bonds. The highest BCUT2D eigenvalue weighted by atomic mass is 16.2. The summed E-state index contributed by atoms with van der Waals surface area (Å²) in [4.78, 5) is 14.5. The molecule has 0 spiro atoms. The Hall–Kier alpha value is -1.29. The number of nitrogens with zero attached hydrogens (tertiary/aromatic N) is 2. The van der Waals surface area contributed by atoms with Gasteiger partial charge in [0.2, 0.25) is 0 Å². The Morgan fingerprint density at radius 2 is 1.94 bits per heavy atom. The van der Waals surface area contributed by atoms with Crippen LogP contribution in [0.5, 0.6) is 0 Å². The van der Waals surface area contributed by atoms with Gasteiger partial charge in [-0.2, -0.15) is 0 Å². The predicted molar refractivity (Wildman–Crippen MR) is 70.4 cm³/mol. The second-order valence-corrected chi connectivity index (χ2v) is 5.55. The molecule has 0 saturated carbocycles. The van der Waals surface area contributed by atoms with Crippen LogP contribution in [0.25, 0.3) is 0 Å². The molecule has 1 aromatic heterocycles. The van der Waals surface area contributed by atoms with Gasteiger partial charge in [-0.3, -0.25) is 4.79 Å². The topological polar surface area (TPSA) is 37.3 Å². The zero-order valence-electron chi connectivity index (χ0n) is 10.9. The van der Waals surface area contributed by atoms with Gasteiger partial charge in [0.15, 0.2) is 0 Å². The molecule has 2 atom stereocenters. The minimum atomic E-state index is 0.190. The fourth-order valence-electron chi connectivity index (χ4n) is 3.27. The first-order valence-electron chi connectivity index (χ1n) is 6.87.